The maximum absolute atomic E-state index is 12.2. The molecule has 5 nitrogen and oxygen atoms in total. The number of aromatic nitrogens is 1. The Morgan fingerprint density at radius 1 is 1.39 bits per heavy atom. The lowest BCUT2D eigenvalue weighted by atomic mass is 10.1. The zero-order valence-corrected chi connectivity index (χ0v) is 13.8. The number of nitrogens with one attached hydrogen (secondary N) is 1. The van der Waals surface area contributed by atoms with E-state index in [2.05, 4.69) is 10.3 Å². The number of carbonyl (C=O) groups excluding carboxylic acids is 2. The molecule has 0 aliphatic carbocycles. The maximum atomic E-state index is 12.2. The fraction of sp³-hybridized carbons (Fsp3) is 0.353. The van der Waals surface area contributed by atoms with Crippen molar-refractivity contribution in [1.29, 1.82) is 0 Å². The highest BCUT2D eigenvalue weighted by atomic mass is 32.1. The van der Waals surface area contributed by atoms with E-state index in [9.17, 15) is 9.59 Å². The summed E-state index contributed by atoms with van der Waals surface area (Å²) in [4.78, 5) is 30.0. The SMILES string of the molecule is C[C@H](NC(=O)Cc1csc(N2CCCC2=O)n1)c1ccccc1. The average molecular weight is 329 g/mol. The molecule has 2 amide bonds. The Kier molecular flexibility index (Phi) is 4.71. The zero-order chi connectivity index (χ0) is 16.2. The highest BCUT2D eigenvalue weighted by Crippen LogP contribution is 2.25. The second-order valence-corrected chi connectivity index (χ2v) is 6.48. The highest BCUT2D eigenvalue weighted by Gasteiger charge is 2.24. The van der Waals surface area contributed by atoms with E-state index in [0.717, 1.165) is 18.5 Å². The summed E-state index contributed by atoms with van der Waals surface area (Å²) in [7, 11) is 0. The lowest BCUT2D eigenvalue weighted by Gasteiger charge is -2.13. The van der Waals surface area contributed by atoms with Gasteiger partial charge in [-0.15, -0.1) is 11.3 Å². The van der Waals surface area contributed by atoms with Crippen molar-refractivity contribution in [2.24, 2.45) is 0 Å². The van der Waals surface area contributed by atoms with E-state index in [4.69, 9.17) is 0 Å². The minimum atomic E-state index is -0.0639. The number of nitrogens with zero attached hydrogens (tertiary/aromatic N) is 2. The van der Waals surface area contributed by atoms with Gasteiger partial charge in [0, 0.05) is 18.3 Å². The summed E-state index contributed by atoms with van der Waals surface area (Å²) < 4.78 is 0. The fourth-order valence-corrected chi connectivity index (χ4v) is 3.50. The molecule has 2 heterocycles. The Balaban J connectivity index is 1.58. The molecule has 0 saturated carbocycles. The largest absolute Gasteiger partial charge is 0.349 e. The minimum absolute atomic E-state index is 0.0398. The number of carbonyl (C=O) groups is 2. The van der Waals surface area contributed by atoms with Crippen LogP contribution in [0.25, 0.3) is 0 Å². The van der Waals surface area contributed by atoms with Gasteiger partial charge in [-0.25, -0.2) is 4.98 Å². The van der Waals surface area contributed by atoms with Crippen molar-refractivity contribution in [3.05, 3.63) is 47.0 Å². The Morgan fingerprint density at radius 3 is 2.87 bits per heavy atom. The molecule has 0 spiro atoms. The van der Waals surface area contributed by atoms with Crippen LogP contribution in [0.2, 0.25) is 0 Å². The molecule has 1 aliphatic heterocycles. The topological polar surface area (TPSA) is 62.3 Å². The van der Waals surface area contributed by atoms with Crippen molar-refractivity contribution in [1.82, 2.24) is 10.3 Å². The molecule has 0 radical (unpaired) electrons. The first kappa shape index (κ1) is 15.7. The van der Waals surface area contributed by atoms with Crippen LogP contribution >= 0.6 is 11.3 Å². The van der Waals surface area contributed by atoms with Gasteiger partial charge in [-0.3, -0.25) is 14.5 Å². The molecule has 0 bridgehead atoms. The van der Waals surface area contributed by atoms with Crippen LogP contribution in [0.3, 0.4) is 0 Å². The normalized spacial score (nSPS) is 15.7. The first-order valence-corrected chi connectivity index (χ1v) is 8.60. The number of rotatable bonds is 5. The summed E-state index contributed by atoms with van der Waals surface area (Å²) in [5.41, 5.74) is 1.78. The number of hydrogen-bond acceptors (Lipinski definition) is 4. The third-order valence-corrected chi connectivity index (χ3v) is 4.78. The minimum Gasteiger partial charge on any atom is -0.349 e. The van der Waals surface area contributed by atoms with Gasteiger partial charge in [0.2, 0.25) is 11.8 Å². The predicted octanol–water partition coefficient (Wildman–Crippen LogP) is 2.69. The Labute approximate surface area is 139 Å². The molecule has 1 aromatic carbocycles. The molecule has 1 N–H and O–H groups in total. The molecule has 0 unspecified atom stereocenters. The predicted molar refractivity (Wildman–Crippen MR) is 90.4 cm³/mol. The van der Waals surface area contributed by atoms with Crippen LogP contribution in [0, 0.1) is 0 Å². The third kappa shape index (κ3) is 3.76. The number of hydrogen-bond donors (Lipinski definition) is 1. The molecule has 6 heteroatoms. The molecule has 1 atom stereocenters. The molecular weight excluding hydrogens is 310 g/mol. The van der Waals surface area contributed by atoms with Crippen molar-refractivity contribution in [2.45, 2.75) is 32.2 Å². The van der Waals surface area contributed by atoms with Crippen LogP contribution in [-0.4, -0.2) is 23.3 Å². The average Bonchev–Trinajstić information content (AvgIpc) is 3.16. The zero-order valence-electron chi connectivity index (χ0n) is 13.0. The van der Waals surface area contributed by atoms with Gasteiger partial charge in [0.25, 0.3) is 0 Å². The molecule has 1 saturated heterocycles. The van der Waals surface area contributed by atoms with Crippen molar-refractivity contribution in [3.8, 4) is 0 Å². The number of thiazole rings is 1. The van der Waals surface area contributed by atoms with Crippen LogP contribution in [0.1, 0.15) is 37.1 Å². The van der Waals surface area contributed by atoms with Gasteiger partial charge in [0.05, 0.1) is 18.2 Å². The highest BCUT2D eigenvalue weighted by molar-refractivity contribution is 7.14. The Bertz CT molecular complexity index is 699. The van der Waals surface area contributed by atoms with Gasteiger partial charge in [0.15, 0.2) is 5.13 Å². The summed E-state index contributed by atoms with van der Waals surface area (Å²) in [6.45, 7) is 2.69. The van der Waals surface area contributed by atoms with Gasteiger partial charge in [-0.1, -0.05) is 30.3 Å². The van der Waals surface area contributed by atoms with E-state index in [-0.39, 0.29) is 24.3 Å². The van der Waals surface area contributed by atoms with Crippen molar-refractivity contribution in [2.75, 3.05) is 11.4 Å². The summed E-state index contributed by atoms with van der Waals surface area (Å²) in [5.74, 6) is 0.0546. The number of amides is 2. The van der Waals surface area contributed by atoms with Crippen molar-refractivity contribution >= 4 is 28.3 Å². The van der Waals surface area contributed by atoms with Crippen molar-refractivity contribution < 1.29 is 9.59 Å². The van der Waals surface area contributed by atoms with Crippen LogP contribution in [0.5, 0.6) is 0 Å². The van der Waals surface area contributed by atoms with Gasteiger partial charge < -0.3 is 5.32 Å². The van der Waals surface area contributed by atoms with E-state index in [0.29, 0.717) is 17.2 Å². The molecule has 1 aromatic heterocycles. The second-order valence-electron chi connectivity index (χ2n) is 5.65. The van der Waals surface area contributed by atoms with E-state index >= 15 is 0 Å². The summed E-state index contributed by atoms with van der Waals surface area (Å²) >= 11 is 1.42. The quantitative estimate of drug-likeness (QED) is 0.917. The molecule has 120 valence electrons. The monoisotopic (exact) mass is 329 g/mol. The Hall–Kier alpha value is -2.21. The van der Waals surface area contributed by atoms with Gasteiger partial charge in [-0.2, -0.15) is 0 Å². The second kappa shape index (κ2) is 6.91. The lowest BCUT2D eigenvalue weighted by molar-refractivity contribution is -0.121. The maximum Gasteiger partial charge on any atom is 0.228 e. The molecule has 1 fully saturated rings. The van der Waals surface area contributed by atoms with Crippen LogP contribution in [-0.2, 0) is 16.0 Å². The van der Waals surface area contributed by atoms with Crippen LogP contribution in [0.15, 0.2) is 35.7 Å². The van der Waals surface area contributed by atoms with Gasteiger partial charge in [-0.05, 0) is 18.9 Å². The van der Waals surface area contributed by atoms with Crippen molar-refractivity contribution in [3.63, 3.8) is 0 Å². The molecule has 2 aromatic rings. The molecule has 1 aliphatic rings. The number of benzene rings is 1. The first-order chi connectivity index (χ1) is 11.1. The molecule has 23 heavy (non-hydrogen) atoms. The first-order valence-electron chi connectivity index (χ1n) is 7.72. The summed E-state index contributed by atoms with van der Waals surface area (Å²) in [5, 5.41) is 5.53. The lowest BCUT2D eigenvalue weighted by Crippen LogP contribution is -2.28. The molecular formula is C17H19N3O2S. The molecule has 3 rings (SSSR count). The number of anilines is 1. The van der Waals surface area contributed by atoms with E-state index in [1.807, 2.05) is 42.6 Å². The van der Waals surface area contributed by atoms with E-state index in [1.54, 1.807) is 4.90 Å². The smallest absolute Gasteiger partial charge is 0.228 e. The van der Waals surface area contributed by atoms with Crippen LogP contribution in [0.4, 0.5) is 5.13 Å². The van der Waals surface area contributed by atoms with Crippen LogP contribution < -0.4 is 10.2 Å². The Morgan fingerprint density at radius 2 is 2.17 bits per heavy atom. The summed E-state index contributed by atoms with van der Waals surface area (Å²) in [6.07, 6.45) is 1.70. The third-order valence-electron chi connectivity index (χ3n) is 3.86. The van der Waals surface area contributed by atoms with Gasteiger partial charge in [0.1, 0.15) is 0 Å². The standard InChI is InChI=1S/C17H19N3O2S/c1-12(13-6-3-2-4-7-13)18-15(21)10-14-11-23-17(19-14)20-9-5-8-16(20)22/h2-4,6-7,11-12H,5,8-10H2,1H3,(H,18,21)/t12-/m0/s1. The summed E-state index contributed by atoms with van der Waals surface area (Å²) in [6, 6.07) is 9.81. The van der Waals surface area contributed by atoms with Gasteiger partial charge >= 0.3 is 0 Å². The van der Waals surface area contributed by atoms with E-state index in [1.165, 1.54) is 11.3 Å². The fourth-order valence-electron chi connectivity index (χ4n) is 2.63. The van der Waals surface area contributed by atoms with E-state index < -0.39 is 0 Å².